The molecule has 0 heterocycles. The fraction of sp³-hybridized carbons (Fsp3) is 0.889. The normalized spacial score (nSPS) is 28.2. The van der Waals surface area contributed by atoms with E-state index in [2.05, 4.69) is 19.2 Å². The van der Waals surface area contributed by atoms with Crippen LogP contribution in [0.3, 0.4) is 0 Å². The highest BCUT2D eigenvalue weighted by Crippen LogP contribution is 2.40. The van der Waals surface area contributed by atoms with E-state index in [1.54, 1.807) is 0 Å². The number of hydrogen-bond acceptors (Lipinski definition) is 1. The topological polar surface area (TPSA) is 29.1 Å². The molecule has 1 aliphatic rings. The Morgan fingerprint density at radius 2 is 2.27 bits per heavy atom. The summed E-state index contributed by atoms with van der Waals surface area (Å²) in [6.07, 6.45) is 3.31. The van der Waals surface area contributed by atoms with Crippen molar-refractivity contribution >= 4 is 5.91 Å². The molecule has 1 fully saturated rings. The summed E-state index contributed by atoms with van der Waals surface area (Å²) in [6.45, 7) is 5.06. The predicted octanol–water partition coefficient (Wildman–Crippen LogP) is 1.56. The van der Waals surface area contributed by atoms with Gasteiger partial charge < -0.3 is 5.32 Å². The van der Waals surface area contributed by atoms with Crippen molar-refractivity contribution in [1.29, 1.82) is 0 Å². The first-order valence-corrected chi connectivity index (χ1v) is 4.57. The minimum atomic E-state index is 0.277. The Morgan fingerprint density at radius 1 is 1.55 bits per heavy atom. The second-order valence-electron chi connectivity index (χ2n) is 3.30. The standard InChI is InChI=1S/C9H17NO/c1-3-5-10-9(11)8-6-7(8)4-2/h7-8H,3-6H2,1-2H3,(H,10,11). The Hall–Kier alpha value is -0.530. The van der Waals surface area contributed by atoms with E-state index in [4.69, 9.17) is 0 Å². The number of carbonyl (C=O) groups excluding carboxylic acids is 1. The van der Waals surface area contributed by atoms with Gasteiger partial charge in [-0.1, -0.05) is 20.3 Å². The summed E-state index contributed by atoms with van der Waals surface area (Å²) in [4.78, 5) is 11.2. The largest absolute Gasteiger partial charge is 0.356 e. The van der Waals surface area contributed by atoms with Gasteiger partial charge in [-0.05, 0) is 18.8 Å². The van der Waals surface area contributed by atoms with E-state index in [1.807, 2.05) is 0 Å². The summed E-state index contributed by atoms with van der Waals surface area (Å²) in [5.41, 5.74) is 0. The number of hydrogen-bond donors (Lipinski definition) is 1. The summed E-state index contributed by atoms with van der Waals surface area (Å²) >= 11 is 0. The molecule has 11 heavy (non-hydrogen) atoms. The fourth-order valence-corrected chi connectivity index (χ4v) is 1.40. The van der Waals surface area contributed by atoms with E-state index in [-0.39, 0.29) is 5.91 Å². The first-order valence-electron chi connectivity index (χ1n) is 4.57. The van der Waals surface area contributed by atoms with Gasteiger partial charge in [-0.2, -0.15) is 0 Å². The molecule has 2 heteroatoms. The highest BCUT2D eigenvalue weighted by atomic mass is 16.2. The minimum Gasteiger partial charge on any atom is -0.356 e. The second kappa shape index (κ2) is 3.74. The number of amides is 1. The van der Waals surface area contributed by atoms with Crippen LogP contribution in [0.5, 0.6) is 0 Å². The zero-order chi connectivity index (χ0) is 8.27. The molecule has 0 aromatic carbocycles. The SMILES string of the molecule is CCCNC(=O)C1CC1CC. The Balaban J connectivity index is 2.12. The van der Waals surface area contributed by atoms with Crippen molar-refractivity contribution in [1.82, 2.24) is 5.32 Å². The average Bonchev–Trinajstić information content (AvgIpc) is 2.78. The maximum atomic E-state index is 11.2. The molecule has 0 bridgehead atoms. The Bertz CT molecular complexity index is 144. The molecule has 1 amide bonds. The second-order valence-corrected chi connectivity index (χ2v) is 3.30. The predicted molar refractivity (Wildman–Crippen MR) is 45.2 cm³/mol. The van der Waals surface area contributed by atoms with E-state index in [9.17, 15) is 4.79 Å². The first kappa shape index (κ1) is 8.57. The van der Waals surface area contributed by atoms with Gasteiger partial charge in [0.1, 0.15) is 0 Å². The van der Waals surface area contributed by atoms with Crippen molar-refractivity contribution in [3.63, 3.8) is 0 Å². The maximum Gasteiger partial charge on any atom is 0.223 e. The molecule has 2 atom stereocenters. The quantitative estimate of drug-likeness (QED) is 0.656. The van der Waals surface area contributed by atoms with Crippen LogP contribution >= 0.6 is 0 Å². The van der Waals surface area contributed by atoms with Gasteiger partial charge in [0.2, 0.25) is 5.91 Å². The van der Waals surface area contributed by atoms with E-state index in [0.717, 1.165) is 25.8 Å². The van der Waals surface area contributed by atoms with Crippen molar-refractivity contribution < 1.29 is 4.79 Å². The maximum absolute atomic E-state index is 11.2. The van der Waals surface area contributed by atoms with Crippen LogP contribution in [0.15, 0.2) is 0 Å². The van der Waals surface area contributed by atoms with Gasteiger partial charge in [0.25, 0.3) is 0 Å². The summed E-state index contributed by atoms with van der Waals surface area (Å²) < 4.78 is 0. The van der Waals surface area contributed by atoms with Crippen LogP contribution in [0, 0.1) is 11.8 Å². The van der Waals surface area contributed by atoms with Gasteiger partial charge in [0, 0.05) is 12.5 Å². The average molecular weight is 155 g/mol. The van der Waals surface area contributed by atoms with Gasteiger partial charge in [-0.15, -0.1) is 0 Å². The zero-order valence-corrected chi connectivity index (χ0v) is 7.39. The Labute approximate surface area is 68.4 Å². The molecule has 1 rings (SSSR count). The molecule has 0 saturated heterocycles. The summed E-state index contributed by atoms with van der Waals surface area (Å²) in [7, 11) is 0. The molecule has 64 valence electrons. The summed E-state index contributed by atoms with van der Waals surface area (Å²) in [5, 5.41) is 2.92. The zero-order valence-electron chi connectivity index (χ0n) is 7.39. The molecule has 1 N–H and O–H groups in total. The van der Waals surface area contributed by atoms with Crippen molar-refractivity contribution in [2.75, 3.05) is 6.54 Å². The molecule has 0 aromatic heterocycles. The number of nitrogens with one attached hydrogen (secondary N) is 1. The van der Waals surface area contributed by atoms with Crippen molar-refractivity contribution in [3.8, 4) is 0 Å². The monoisotopic (exact) mass is 155 g/mol. The third kappa shape index (κ3) is 2.21. The van der Waals surface area contributed by atoms with Gasteiger partial charge in [-0.3, -0.25) is 4.79 Å². The summed E-state index contributed by atoms with van der Waals surface area (Å²) in [6, 6.07) is 0. The highest BCUT2D eigenvalue weighted by molar-refractivity contribution is 5.81. The lowest BCUT2D eigenvalue weighted by molar-refractivity contribution is -0.122. The lowest BCUT2D eigenvalue weighted by Gasteiger charge is -2.00. The van der Waals surface area contributed by atoms with Crippen LogP contribution in [-0.4, -0.2) is 12.5 Å². The highest BCUT2D eigenvalue weighted by Gasteiger charge is 2.40. The van der Waals surface area contributed by atoms with Gasteiger partial charge in [-0.25, -0.2) is 0 Å². The molecular weight excluding hydrogens is 138 g/mol. The third-order valence-electron chi connectivity index (χ3n) is 2.33. The van der Waals surface area contributed by atoms with Crippen LogP contribution in [-0.2, 0) is 4.79 Å². The van der Waals surface area contributed by atoms with Gasteiger partial charge in [0.05, 0.1) is 0 Å². The van der Waals surface area contributed by atoms with Crippen LogP contribution in [0.4, 0.5) is 0 Å². The first-order chi connectivity index (χ1) is 5.29. The molecule has 0 aliphatic heterocycles. The number of rotatable bonds is 4. The van der Waals surface area contributed by atoms with Crippen molar-refractivity contribution in [2.24, 2.45) is 11.8 Å². The molecule has 0 spiro atoms. The van der Waals surface area contributed by atoms with E-state index in [0.29, 0.717) is 11.8 Å². The van der Waals surface area contributed by atoms with Crippen molar-refractivity contribution in [2.45, 2.75) is 33.1 Å². The minimum absolute atomic E-state index is 0.277. The van der Waals surface area contributed by atoms with Crippen LogP contribution in [0.2, 0.25) is 0 Å². The van der Waals surface area contributed by atoms with E-state index >= 15 is 0 Å². The smallest absolute Gasteiger partial charge is 0.223 e. The molecule has 0 aromatic rings. The lowest BCUT2D eigenvalue weighted by Crippen LogP contribution is -2.26. The van der Waals surface area contributed by atoms with Gasteiger partial charge >= 0.3 is 0 Å². The molecule has 1 saturated carbocycles. The Morgan fingerprint density at radius 3 is 2.73 bits per heavy atom. The van der Waals surface area contributed by atoms with Crippen LogP contribution in [0.1, 0.15) is 33.1 Å². The van der Waals surface area contributed by atoms with E-state index in [1.165, 1.54) is 0 Å². The molecular formula is C9H17NO. The molecule has 0 radical (unpaired) electrons. The number of carbonyl (C=O) groups is 1. The fourth-order valence-electron chi connectivity index (χ4n) is 1.40. The Kier molecular flexibility index (Phi) is 2.92. The summed E-state index contributed by atoms with van der Waals surface area (Å²) in [5.74, 6) is 1.32. The van der Waals surface area contributed by atoms with Crippen LogP contribution in [0.25, 0.3) is 0 Å². The third-order valence-corrected chi connectivity index (χ3v) is 2.33. The van der Waals surface area contributed by atoms with E-state index < -0.39 is 0 Å². The van der Waals surface area contributed by atoms with Crippen molar-refractivity contribution in [3.05, 3.63) is 0 Å². The van der Waals surface area contributed by atoms with Crippen LogP contribution < -0.4 is 5.32 Å². The lowest BCUT2D eigenvalue weighted by atomic mass is 10.2. The van der Waals surface area contributed by atoms with Gasteiger partial charge in [0.15, 0.2) is 0 Å². The molecule has 1 aliphatic carbocycles. The molecule has 2 unspecified atom stereocenters. The molecule has 2 nitrogen and oxygen atoms in total.